The smallest absolute Gasteiger partial charge is 0.324 e. The largest absolute Gasteiger partial charge is 0.325 e. The molecule has 1 atom stereocenters. The molecule has 3 rings (SSSR count). The van der Waals surface area contributed by atoms with Crippen molar-refractivity contribution in [3.8, 4) is 0 Å². The van der Waals surface area contributed by atoms with Crippen LogP contribution in [0.3, 0.4) is 0 Å². The first kappa shape index (κ1) is 18.5. The maximum Gasteiger partial charge on any atom is 0.325 e. The van der Waals surface area contributed by atoms with E-state index in [2.05, 4.69) is 10.6 Å². The van der Waals surface area contributed by atoms with Crippen LogP contribution in [0.1, 0.15) is 18.9 Å². The van der Waals surface area contributed by atoms with Gasteiger partial charge in [-0.3, -0.25) is 14.5 Å². The average molecular weight is 373 g/mol. The Hall–Kier alpha value is -3.29. The van der Waals surface area contributed by atoms with Crippen molar-refractivity contribution in [3.05, 3.63) is 65.7 Å². The second-order valence-electron chi connectivity index (χ2n) is 6.15. The van der Waals surface area contributed by atoms with E-state index in [1.807, 2.05) is 0 Å². The first-order valence-electron chi connectivity index (χ1n) is 8.31. The number of nitrogens with zero attached hydrogens (tertiary/aromatic N) is 1. The van der Waals surface area contributed by atoms with E-state index in [-0.39, 0.29) is 12.1 Å². The van der Waals surface area contributed by atoms with Crippen molar-refractivity contribution in [2.24, 2.45) is 0 Å². The lowest BCUT2D eigenvalue weighted by molar-refractivity contribution is -0.134. The van der Waals surface area contributed by atoms with Crippen LogP contribution >= 0.6 is 0 Å². The third-order valence-corrected chi connectivity index (χ3v) is 4.45. The fraction of sp³-hybridized carbons (Fsp3) is 0.211. The number of nitrogens with one attached hydrogen (secondary N) is 2. The SMILES string of the molecule is CC[C@@]1(c2ccc(F)cc2)NC(=O)N(CC(=O)Nc2cccc(F)c2)C1=O. The predicted octanol–water partition coefficient (Wildman–Crippen LogP) is 2.76. The molecule has 2 N–H and O–H groups in total. The molecular formula is C19H17F2N3O3. The van der Waals surface area contributed by atoms with E-state index in [4.69, 9.17) is 0 Å². The molecule has 2 aromatic rings. The number of carbonyl (C=O) groups excluding carboxylic acids is 3. The molecule has 4 amide bonds. The average Bonchev–Trinajstić information content (AvgIpc) is 2.87. The summed E-state index contributed by atoms with van der Waals surface area (Å²) in [6.45, 7) is 1.18. The lowest BCUT2D eigenvalue weighted by atomic mass is 9.87. The fourth-order valence-corrected chi connectivity index (χ4v) is 3.05. The van der Waals surface area contributed by atoms with Crippen LogP contribution < -0.4 is 10.6 Å². The number of imide groups is 1. The molecule has 0 saturated carbocycles. The number of hydrogen-bond acceptors (Lipinski definition) is 3. The van der Waals surface area contributed by atoms with Crippen LogP contribution in [-0.2, 0) is 15.1 Å². The summed E-state index contributed by atoms with van der Waals surface area (Å²) in [7, 11) is 0. The first-order chi connectivity index (χ1) is 12.9. The maximum atomic E-state index is 13.2. The first-order valence-corrected chi connectivity index (χ1v) is 8.31. The summed E-state index contributed by atoms with van der Waals surface area (Å²) in [6.07, 6.45) is 0.227. The number of anilines is 1. The zero-order chi connectivity index (χ0) is 19.6. The van der Waals surface area contributed by atoms with Crippen molar-refractivity contribution in [1.29, 1.82) is 0 Å². The molecule has 1 aliphatic heterocycles. The number of halogens is 2. The quantitative estimate of drug-likeness (QED) is 0.791. The molecule has 0 unspecified atom stereocenters. The van der Waals surface area contributed by atoms with Crippen molar-refractivity contribution in [2.45, 2.75) is 18.9 Å². The minimum absolute atomic E-state index is 0.215. The third kappa shape index (κ3) is 3.51. The van der Waals surface area contributed by atoms with Gasteiger partial charge in [-0.15, -0.1) is 0 Å². The zero-order valence-corrected chi connectivity index (χ0v) is 14.5. The molecule has 0 spiro atoms. The molecule has 2 aromatic carbocycles. The van der Waals surface area contributed by atoms with Gasteiger partial charge in [-0.05, 0) is 42.3 Å². The van der Waals surface area contributed by atoms with E-state index >= 15 is 0 Å². The van der Waals surface area contributed by atoms with Gasteiger partial charge >= 0.3 is 6.03 Å². The Bertz CT molecular complexity index is 901. The molecule has 0 aromatic heterocycles. The maximum absolute atomic E-state index is 13.2. The van der Waals surface area contributed by atoms with Gasteiger partial charge in [0.05, 0.1) is 0 Å². The van der Waals surface area contributed by atoms with Crippen LogP contribution in [0, 0.1) is 11.6 Å². The monoisotopic (exact) mass is 373 g/mol. The molecule has 6 nitrogen and oxygen atoms in total. The molecule has 1 saturated heterocycles. The minimum Gasteiger partial charge on any atom is -0.324 e. The van der Waals surface area contributed by atoms with Crippen molar-refractivity contribution < 1.29 is 23.2 Å². The highest BCUT2D eigenvalue weighted by molar-refractivity contribution is 6.10. The second-order valence-corrected chi connectivity index (χ2v) is 6.15. The van der Waals surface area contributed by atoms with E-state index < -0.39 is 41.6 Å². The molecule has 0 radical (unpaired) electrons. The molecule has 1 aliphatic rings. The topological polar surface area (TPSA) is 78.5 Å². The Morgan fingerprint density at radius 3 is 2.44 bits per heavy atom. The zero-order valence-electron chi connectivity index (χ0n) is 14.5. The minimum atomic E-state index is -1.36. The van der Waals surface area contributed by atoms with Gasteiger partial charge in [-0.25, -0.2) is 13.6 Å². The van der Waals surface area contributed by atoms with Crippen LogP contribution in [0.15, 0.2) is 48.5 Å². The Labute approximate surface area is 154 Å². The number of benzene rings is 2. The molecule has 1 heterocycles. The summed E-state index contributed by atoms with van der Waals surface area (Å²) in [6, 6.07) is 9.79. The van der Waals surface area contributed by atoms with E-state index in [0.717, 1.165) is 11.0 Å². The third-order valence-electron chi connectivity index (χ3n) is 4.45. The summed E-state index contributed by atoms with van der Waals surface area (Å²) >= 11 is 0. The van der Waals surface area contributed by atoms with E-state index in [0.29, 0.717) is 5.56 Å². The highest BCUT2D eigenvalue weighted by Gasteiger charge is 2.51. The molecule has 1 fully saturated rings. The van der Waals surface area contributed by atoms with Crippen molar-refractivity contribution in [1.82, 2.24) is 10.2 Å². The lowest BCUT2D eigenvalue weighted by Crippen LogP contribution is -2.44. The molecule has 0 bridgehead atoms. The Morgan fingerprint density at radius 2 is 1.81 bits per heavy atom. The number of urea groups is 1. The Morgan fingerprint density at radius 1 is 1.11 bits per heavy atom. The van der Waals surface area contributed by atoms with Gasteiger partial charge in [0.25, 0.3) is 5.91 Å². The molecule has 140 valence electrons. The Balaban J connectivity index is 1.78. The fourth-order valence-electron chi connectivity index (χ4n) is 3.05. The van der Waals surface area contributed by atoms with Gasteiger partial charge in [-0.2, -0.15) is 0 Å². The second kappa shape index (κ2) is 7.14. The molecule has 8 heteroatoms. The summed E-state index contributed by atoms with van der Waals surface area (Å²) < 4.78 is 26.4. The van der Waals surface area contributed by atoms with Crippen LogP contribution in [0.25, 0.3) is 0 Å². The highest BCUT2D eigenvalue weighted by atomic mass is 19.1. The predicted molar refractivity (Wildman–Crippen MR) is 93.6 cm³/mol. The van der Waals surface area contributed by atoms with Crippen molar-refractivity contribution in [2.75, 3.05) is 11.9 Å². The number of rotatable bonds is 5. The van der Waals surface area contributed by atoms with Gasteiger partial charge < -0.3 is 10.6 Å². The van der Waals surface area contributed by atoms with Gasteiger partial charge in [0.1, 0.15) is 23.7 Å². The van der Waals surface area contributed by atoms with Gasteiger partial charge in [0.15, 0.2) is 0 Å². The van der Waals surface area contributed by atoms with Crippen LogP contribution in [0.5, 0.6) is 0 Å². The summed E-state index contributed by atoms with van der Waals surface area (Å²) in [4.78, 5) is 38.2. The summed E-state index contributed by atoms with van der Waals surface area (Å²) in [5.41, 5.74) is -0.714. The standard InChI is InChI=1S/C19H17F2N3O3/c1-2-19(12-6-8-13(20)9-7-12)17(26)24(18(27)23-19)11-16(25)22-15-5-3-4-14(21)10-15/h3-10H,2,11H2,1H3,(H,22,25)(H,23,27)/t19-/m0/s1. The molecular weight excluding hydrogens is 356 g/mol. The van der Waals surface area contributed by atoms with Crippen LogP contribution in [0.4, 0.5) is 19.3 Å². The Kier molecular flexibility index (Phi) is 4.89. The van der Waals surface area contributed by atoms with Gasteiger partial charge in [-0.1, -0.05) is 25.1 Å². The number of amides is 4. The van der Waals surface area contributed by atoms with E-state index in [1.165, 1.54) is 42.5 Å². The summed E-state index contributed by atoms with van der Waals surface area (Å²) in [5.74, 6) is -2.23. The van der Waals surface area contributed by atoms with Crippen molar-refractivity contribution in [3.63, 3.8) is 0 Å². The van der Waals surface area contributed by atoms with E-state index in [1.54, 1.807) is 6.92 Å². The van der Waals surface area contributed by atoms with E-state index in [9.17, 15) is 23.2 Å². The van der Waals surface area contributed by atoms with Gasteiger partial charge in [0, 0.05) is 5.69 Å². The highest BCUT2D eigenvalue weighted by Crippen LogP contribution is 2.32. The van der Waals surface area contributed by atoms with Gasteiger partial charge in [0.2, 0.25) is 5.91 Å². The number of hydrogen-bond donors (Lipinski definition) is 2. The number of carbonyl (C=O) groups is 3. The summed E-state index contributed by atoms with van der Waals surface area (Å²) in [5, 5.41) is 5.05. The molecule has 27 heavy (non-hydrogen) atoms. The normalized spacial score (nSPS) is 19.1. The van der Waals surface area contributed by atoms with Crippen LogP contribution in [0.2, 0.25) is 0 Å². The van der Waals surface area contributed by atoms with Crippen LogP contribution in [-0.4, -0.2) is 29.3 Å². The lowest BCUT2D eigenvalue weighted by Gasteiger charge is -2.25. The molecule has 0 aliphatic carbocycles. The van der Waals surface area contributed by atoms with Crippen molar-refractivity contribution >= 4 is 23.5 Å².